The highest BCUT2D eigenvalue weighted by Gasteiger charge is 2.44. The molecule has 90 valence electrons. The molecule has 1 aliphatic heterocycles. The minimum Gasteiger partial charge on any atom is -0.377 e. The molecule has 1 saturated heterocycles. The first-order valence-corrected chi connectivity index (χ1v) is 7.26. The van der Waals surface area contributed by atoms with Crippen LogP contribution in [0.3, 0.4) is 0 Å². The first-order valence-electron chi connectivity index (χ1n) is 6.10. The van der Waals surface area contributed by atoms with Crippen molar-refractivity contribution in [3.05, 3.63) is 0 Å². The molecule has 0 radical (unpaired) electrons. The van der Waals surface area contributed by atoms with E-state index in [1.807, 2.05) is 18.8 Å². The quantitative estimate of drug-likeness (QED) is 0.769. The van der Waals surface area contributed by atoms with E-state index in [4.69, 9.17) is 4.74 Å². The highest BCUT2D eigenvalue weighted by atomic mass is 32.2. The lowest BCUT2D eigenvalue weighted by atomic mass is 9.98. The van der Waals surface area contributed by atoms with Crippen molar-refractivity contribution in [3.8, 4) is 6.07 Å². The summed E-state index contributed by atoms with van der Waals surface area (Å²) >= 11 is 1.86. The third-order valence-electron chi connectivity index (χ3n) is 3.58. The van der Waals surface area contributed by atoms with Crippen molar-refractivity contribution in [3.63, 3.8) is 0 Å². The van der Waals surface area contributed by atoms with Crippen LogP contribution in [0.2, 0.25) is 0 Å². The minimum atomic E-state index is -0.288. The predicted molar refractivity (Wildman–Crippen MR) is 66.4 cm³/mol. The average molecular weight is 240 g/mol. The minimum absolute atomic E-state index is 0.288. The summed E-state index contributed by atoms with van der Waals surface area (Å²) < 4.78 is 5.59. The zero-order valence-electron chi connectivity index (χ0n) is 9.87. The number of ether oxygens (including phenoxy) is 1. The van der Waals surface area contributed by atoms with Crippen LogP contribution in [-0.2, 0) is 4.74 Å². The van der Waals surface area contributed by atoms with Gasteiger partial charge in [0.25, 0.3) is 0 Å². The van der Waals surface area contributed by atoms with E-state index in [9.17, 15) is 5.26 Å². The van der Waals surface area contributed by atoms with Crippen LogP contribution < -0.4 is 5.32 Å². The van der Waals surface area contributed by atoms with E-state index in [-0.39, 0.29) is 5.54 Å². The number of thioether (sulfide) groups is 1. The summed E-state index contributed by atoms with van der Waals surface area (Å²) in [6, 6.07) is 2.48. The Morgan fingerprint density at radius 3 is 2.81 bits per heavy atom. The Bertz CT molecular complexity index is 269. The smallest absolute Gasteiger partial charge is 0.118 e. The van der Waals surface area contributed by atoms with E-state index < -0.39 is 0 Å². The van der Waals surface area contributed by atoms with Gasteiger partial charge in [-0.2, -0.15) is 17.0 Å². The molecule has 1 heterocycles. The molecule has 4 heteroatoms. The monoisotopic (exact) mass is 240 g/mol. The maximum atomic E-state index is 9.32. The van der Waals surface area contributed by atoms with Crippen molar-refractivity contribution >= 4 is 11.8 Å². The van der Waals surface area contributed by atoms with E-state index in [2.05, 4.69) is 11.4 Å². The fourth-order valence-electron chi connectivity index (χ4n) is 2.28. The second-order valence-electron chi connectivity index (χ2n) is 4.76. The molecule has 2 fully saturated rings. The van der Waals surface area contributed by atoms with Crippen LogP contribution in [0.1, 0.15) is 25.7 Å². The van der Waals surface area contributed by atoms with Crippen molar-refractivity contribution < 1.29 is 4.74 Å². The van der Waals surface area contributed by atoms with Crippen LogP contribution in [0.15, 0.2) is 0 Å². The molecule has 2 atom stereocenters. The molecular formula is C12H20N2OS. The molecule has 0 spiro atoms. The zero-order chi connectivity index (χ0) is 11.4. The molecule has 1 aliphatic carbocycles. The molecule has 0 bridgehead atoms. The summed E-state index contributed by atoms with van der Waals surface area (Å²) in [5.41, 5.74) is -0.288. The number of nitrogens with one attached hydrogen (secondary N) is 1. The molecule has 0 aromatic rings. The third kappa shape index (κ3) is 2.71. The first-order chi connectivity index (χ1) is 7.80. The summed E-state index contributed by atoms with van der Waals surface area (Å²) in [6.07, 6.45) is 5.22. The van der Waals surface area contributed by atoms with E-state index in [1.165, 1.54) is 25.7 Å². The van der Waals surface area contributed by atoms with E-state index in [1.54, 1.807) is 0 Å². The lowest BCUT2D eigenvalue weighted by Crippen LogP contribution is -2.46. The number of nitrogens with zero attached hydrogens (tertiary/aromatic N) is 1. The first kappa shape index (κ1) is 12.2. The predicted octanol–water partition coefficient (Wildman–Crippen LogP) is 1.79. The maximum Gasteiger partial charge on any atom is 0.118 e. The normalized spacial score (nSPS) is 28.6. The summed E-state index contributed by atoms with van der Waals surface area (Å²) in [7, 11) is 1.91. The summed E-state index contributed by atoms with van der Waals surface area (Å²) in [6.45, 7) is 0.920. The molecule has 2 rings (SSSR count). The van der Waals surface area contributed by atoms with Gasteiger partial charge in [-0.05, 0) is 38.6 Å². The van der Waals surface area contributed by atoms with Gasteiger partial charge < -0.3 is 10.1 Å². The second kappa shape index (κ2) is 5.39. The number of nitriles is 1. The molecule has 3 nitrogen and oxygen atoms in total. The molecule has 0 amide bonds. The van der Waals surface area contributed by atoms with Gasteiger partial charge in [0, 0.05) is 18.1 Å². The Hall–Kier alpha value is -0.240. The molecule has 2 unspecified atom stereocenters. The Morgan fingerprint density at radius 2 is 2.31 bits per heavy atom. The van der Waals surface area contributed by atoms with Crippen molar-refractivity contribution in [2.45, 2.75) is 37.3 Å². The lowest BCUT2D eigenvalue weighted by Gasteiger charge is -2.26. The SMILES string of the molecule is CNC(C#N)(CSCC1CCCO1)C1CC1. The molecule has 0 aromatic carbocycles. The van der Waals surface area contributed by atoms with Gasteiger partial charge in [0.05, 0.1) is 12.2 Å². The van der Waals surface area contributed by atoms with Crippen LogP contribution in [0.25, 0.3) is 0 Å². The summed E-state index contributed by atoms with van der Waals surface area (Å²) in [5, 5.41) is 12.6. The van der Waals surface area contributed by atoms with Crippen LogP contribution in [0.5, 0.6) is 0 Å². The highest BCUT2D eigenvalue weighted by molar-refractivity contribution is 7.99. The summed E-state index contributed by atoms with van der Waals surface area (Å²) in [4.78, 5) is 0. The van der Waals surface area contributed by atoms with E-state index in [0.717, 1.165) is 18.1 Å². The number of rotatable bonds is 6. The Balaban J connectivity index is 1.75. The van der Waals surface area contributed by atoms with Crippen LogP contribution >= 0.6 is 11.8 Å². The van der Waals surface area contributed by atoms with Crippen molar-refractivity contribution in [1.29, 1.82) is 5.26 Å². The number of hydrogen-bond donors (Lipinski definition) is 1. The van der Waals surface area contributed by atoms with Crippen molar-refractivity contribution in [2.24, 2.45) is 5.92 Å². The Morgan fingerprint density at radius 1 is 1.50 bits per heavy atom. The zero-order valence-corrected chi connectivity index (χ0v) is 10.7. The Kier molecular flexibility index (Phi) is 4.12. The fourth-order valence-corrected chi connectivity index (χ4v) is 3.69. The van der Waals surface area contributed by atoms with E-state index in [0.29, 0.717) is 12.0 Å². The van der Waals surface area contributed by atoms with Gasteiger partial charge in [-0.3, -0.25) is 0 Å². The fraction of sp³-hybridized carbons (Fsp3) is 0.917. The molecule has 1 saturated carbocycles. The van der Waals surface area contributed by atoms with Gasteiger partial charge >= 0.3 is 0 Å². The van der Waals surface area contributed by atoms with Crippen molar-refractivity contribution in [1.82, 2.24) is 5.32 Å². The third-order valence-corrected chi connectivity index (χ3v) is 4.84. The van der Waals surface area contributed by atoms with Gasteiger partial charge in [-0.25, -0.2) is 0 Å². The van der Waals surface area contributed by atoms with E-state index >= 15 is 0 Å². The largest absolute Gasteiger partial charge is 0.377 e. The Labute approximate surface area is 102 Å². The highest BCUT2D eigenvalue weighted by Crippen LogP contribution is 2.41. The van der Waals surface area contributed by atoms with Crippen LogP contribution in [0.4, 0.5) is 0 Å². The standard InChI is InChI=1S/C12H20N2OS/c1-14-12(8-13,10-4-5-10)9-16-7-11-3-2-6-15-11/h10-11,14H,2-7,9H2,1H3. The van der Waals surface area contributed by atoms with Crippen LogP contribution in [0, 0.1) is 17.2 Å². The van der Waals surface area contributed by atoms with Gasteiger partial charge in [0.1, 0.15) is 5.54 Å². The second-order valence-corrected chi connectivity index (χ2v) is 5.79. The van der Waals surface area contributed by atoms with Gasteiger partial charge in [-0.15, -0.1) is 0 Å². The van der Waals surface area contributed by atoms with Gasteiger partial charge in [0.2, 0.25) is 0 Å². The van der Waals surface area contributed by atoms with Gasteiger partial charge in [0.15, 0.2) is 0 Å². The van der Waals surface area contributed by atoms with Gasteiger partial charge in [-0.1, -0.05) is 0 Å². The lowest BCUT2D eigenvalue weighted by molar-refractivity contribution is 0.129. The average Bonchev–Trinajstić information content (AvgIpc) is 3.04. The molecular weight excluding hydrogens is 220 g/mol. The molecule has 16 heavy (non-hydrogen) atoms. The van der Waals surface area contributed by atoms with Crippen molar-refractivity contribution in [2.75, 3.05) is 25.2 Å². The topological polar surface area (TPSA) is 45.0 Å². The number of hydrogen-bond acceptors (Lipinski definition) is 4. The molecule has 2 aliphatic rings. The molecule has 0 aromatic heterocycles. The maximum absolute atomic E-state index is 9.32. The molecule has 1 N–H and O–H groups in total. The summed E-state index contributed by atoms with van der Waals surface area (Å²) in [5.74, 6) is 2.50. The van der Waals surface area contributed by atoms with Crippen LogP contribution in [-0.4, -0.2) is 36.8 Å².